The molecule has 1 unspecified atom stereocenters. The number of anilines is 1. The highest BCUT2D eigenvalue weighted by atomic mass is 79.9. The molecule has 2 aromatic rings. The fraction of sp³-hybridized carbons (Fsp3) is 0.385. The zero-order chi connectivity index (χ0) is 13.4. The molecule has 3 N–H and O–H groups in total. The smallest absolute Gasteiger partial charge is 0.245 e. The third-order valence-corrected chi connectivity index (χ3v) is 4.30. The highest BCUT2D eigenvalue weighted by Crippen LogP contribution is 2.24. The van der Waals surface area contributed by atoms with E-state index >= 15 is 0 Å². The Morgan fingerprint density at radius 3 is 3.00 bits per heavy atom. The largest absolute Gasteiger partial charge is 0.338 e. The minimum absolute atomic E-state index is 0.233. The Hall–Kier alpha value is -1.40. The van der Waals surface area contributed by atoms with Crippen molar-refractivity contribution in [1.29, 1.82) is 0 Å². The van der Waals surface area contributed by atoms with E-state index in [4.69, 9.17) is 5.73 Å². The van der Waals surface area contributed by atoms with Gasteiger partial charge in [0.25, 0.3) is 0 Å². The average molecular weight is 322 g/mol. The molecular weight excluding hydrogens is 306 g/mol. The van der Waals surface area contributed by atoms with Crippen molar-refractivity contribution in [2.24, 2.45) is 5.73 Å². The van der Waals surface area contributed by atoms with Crippen LogP contribution in [0.2, 0.25) is 0 Å². The van der Waals surface area contributed by atoms with Crippen molar-refractivity contribution in [3.8, 4) is 11.4 Å². The fourth-order valence-electron chi connectivity index (χ4n) is 2.28. The molecule has 1 fully saturated rings. The maximum absolute atomic E-state index is 5.90. The number of halogens is 1. The summed E-state index contributed by atoms with van der Waals surface area (Å²) in [6.07, 6.45) is 1.00. The van der Waals surface area contributed by atoms with Crippen LogP contribution in [-0.4, -0.2) is 34.3 Å². The van der Waals surface area contributed by atoms with Gasteiger partial charge >= 0.3 is 0 Å². The molecule has 0 spiro atoms. The van der Waals surface area contributed by atoms with Crippen LogP contribution in [0, 0.1) is 6.92 Å². The van der Waals surface area contributed by atoms with Gasteiger partial charge in [0.1, 0.15) is 0 Å². The molecule has 3 rings (SSSR count). The monoisotopic (exact) mass is 321 g/mol. The fourth-order valence-corrected chi connectivity index (χ4v) is 2.53. The van der Waals surface area contributed by atoms with Crippen LogP contribution in [0.4, 0.5) is 5.95 Å². The van der Waals surface area contributed by atoms with Crippen molar-refractivity contribution in [3.05, 3.63) is 28.2 Å². The Labute approximate surface area is 120 Å². The maximum atomic E-state index is 5.90. The minimum atomic E-state index is 0.233. The average Bonchev–Trinajstić information content (AvgIpc) is 3.01. The van der Waals surface area contributed by atoms with Gasteiger partial charge in [-0.15, -0.1) is 5.10 Å². The topological polar surface area (TPSA) is 70.8 Å². The molecule has 1 aliphatic heterocycles. The lowest BCUT2D eigenvalue weighted by Gasteiger charge is -2.11. The van der Waals surface area contributed by atoms with Crippen molar-refractivity contribution in [2.45, 2.75) is 19.4 Å². The van der Waals surface area contributed by atoms with Gasteiger partial charge in [0.05, 0.1) is 0 Å². The molecule has 2 heterocycles. The predicted molar refractivity (Wildman–Crippen MR) is 79.1 cm³/mol. The number of aryl methyl sites for hydroxylation is 1. The molecule has 1 aliphatic rings. The molecule has 100 valence electrons. The Bertz CT molecular complexity index is 594. The van der Waals surface area contributed by atoms with Crippen LogP contribution in [-0.2, 0) is 0 Å². The minimum Gasteiger partial charge on any atom is -0.338 e. The number of benzene rings is 1. The summed E-state index contributed by atoms with van der Waals surface area (Å²) in [4.78, 5) is 6.68. The van der Waals surface area contributed by atoms with Crippen molar-refractivity contribution in [3.63, 3.8) is 0 Å². The standard InChI is InChI=1S/C13H16BrN5/c1-8-6-9(2-3-11(8)14)12-16-13(18-17-12)19-5-4-10(15)7-19/h2-3,6,10H,4-5,7,15H2,1H3,(H,16,17,18). The second-order valence-corrected chi connectivity index (χ2v) is 5.80. The number of hydrogen-bond acceptors (Lipinski definition) is 4. The zero-order valence-electron chi connectivity index (χ0n) is 10.7. The van der Waals surface area contributed by atoms with Crippen molar-refractivity contribution < 1.29 is 0 Å². The third-order valence-electron chi connectivity index (χ3n) is 3.41. The molecule has 1 atom stereocenters. The van der Waals surface area contributed by atoms with Gasteiger partial charge in [0, 0.05) is 29.2 Å². The second-order valence-electron chi connectivity index (χ2n) is 4.94. The highest BCUT2D eigenvalue weighted by molar-refractivity contribution is 9.10. The van der Waals surface area contributed by atoms with Crippen LogP contribution < -0.4 is 10.6 Å². The van der Waals surface area contributed by atoms with Crippen molar-refractivity contribution >= 4 is 21.9 Å². The summed E-state index contributed by atoms with van der Waals surface area (Å²) in [5.41, 5.74) is 8.13. The van der Waals surface area contributed by atoms with Crippen LogP contribution in [0.1, 0.15) is 12.0 Å². The quantitative estimate of drug-likeness (QED) is 0.888. The van der Waals surface area contributed by atoms with E-state index in [1.165, 1.54) is 5.56 Å². The summed E-state index contributed by atoms with van der Waals surface area (Å²) in [5, 5.41) is 7.29. The summed E-state index contributed by atoms with van der Waals surface area (Å²) in [6.45, 7) is 3.82. The summed E-state index contributed by atoms with van der Waals surface area (Å²) in [6, 6.07) is 6.37. The Morgan fingerprint density at radius 2 is 2.32 bits per heavy atom. The summed E-state index contributed by atoms with van der Waals surface area (Å²) >= 11 is 3.50. The van der Waals surface area contributed by atoms with Gasteiger partial charge in [0.15, 0.2) is 5.82 Å². The summed E-state index contributed by atoms with van der Waals surface area (Å²) in [5.74, 6) is 1.54. The van der Waals surface area contributed by atoms with E-state index in [0.717, 1.165) is 41.3 Å². The lowest BCUT2D eigenvalue weighted by atomic mass is 10.1. The van der Waals surface area contributed by atoms with E-state index in [0.29, 0.717) is 0 Å². The first-order chi connectivity index (χ1) is 9.13. The van der Waals surface area contributed by atoms with Gasteiger partial charge in [-0.25, -0.2) is 0 Å². The van der Waals surface area contributed by atoms with Crippen molar-refractivity contribution in [2.75, 3.05) is 18.0 Å². The first-order valence-corrected chi connectivity index (χ1v) is 7.12. The van der Waals surface area contributed by atoms with Gasteiger partial charge < -0.3 is 10.6 Å². The Kier molecular flexibility index (Phi) is 3.28. The zero-order valence-corrected chi connectivity index (χ0v) is 12.3. The third kappa shape index (κ3) is 2.50. The second kappa shape index (κ2) is 4.94. The number of hydrogen-bond donors (Lipinski definition) is 2. The van der Waals surface area contributed by atoms with Crippen molar-refractivity contribution in [1.82, 2.24) is 15.2 Å². The number of nitrogens with two attached hydrogens (primary N) is 1. The Balaban J connectivity index is 1.86. The van der Waals surface area contributed by atoms with Gasteiger partial charge in [-0.3, -0.25) is 5.10 Å². The number of rotatable bonds is 2. The van der Waals surface area contributed by atoms with Crippen LogP contribution in [0.5, 0.6) is 0 Å². The predicted octanol–water partition coefficient (Wildman–Crippen LogP) is 2.08. The summed E-state index contributed by atoms with van der Waals surface area (Å²) < 4.78 is 1.10. The number of aromatic nitrogens is 3. The lowest BCUT2D eigenvalue weighted by molar-refractivity contribution is 0.750. The maximum Gasteiger partial charge on any atom is 0.245 e. The molecule has 1 aromatic heterocycles. The molecule has 0 aliphatic carbocycles. The molecule has 1 aromatic carbocycles. The van der Waals surface area contributed by atoms with E-state index in [1.807, 2.05) is 12.1 Å². The highest BCUT2D eigenvalue weighted by Gasteiger charge is 2.22. The lowest BCUT2D eigenvalue weighted by Crippen LogP contribution is -2.26. The van der Waals surface area contributed by atoms with Gasteiger partial charge in [-0.05, 0) is 31.0 Å². The van der Waals surface area contributed by atoms with E-state index < -0.39 is 0 Å². The van der Waals surface area contributed by atoms with Gasteiger partial charge in [0.2, 0.25) is 5.95 Å². The van der Waals surface area contributed by atoms with E-state index in [9.17, 15) is 0 Å². The Morgan fingerprint density at radius 1 is 1.47 bits per heavy atom. The molecule has 6 heteroatoms. The first kappa shape index (κ1) is 12.6. The first-order valence-electron chi connectivity index (χ1n) is 6.33. The van der Waals surface area contributed by atoms with Crippen LogP contribution in [0.25, 0.3) is 11.4 Å². The molecule has 0 radical (unpaired) electrons. The molecule has 19 heavy (non-hydrogen) atoms. The number of nitrogens with zero attached hydrogens (tertiary/aromatic N) is 3. The molecular formula is C13H16BrN5. The van der Waals surface area contributed by atoms with E-state index in [-0.39, 0.29) is 6.04 Å². The summed E-state index contributed by atoms with van der Waals surface area (Å²) in [7, 11) is 0. The molecule has 1 saturated heterocycles. The van der Waals surface area contributed by atoms with Crippen LogP contribution in [0.3, 0.4) is 0 Å². The molecule has 0 saturated carbocycles. The normalized spacial score (nSPS) is 19.1. The van der Waals surface area contributed by atoms with Crippen LogP contribution in [0.15, 0.2) is 22.7 Å². The van der Waals surface area contributed by atoms with Crippen LogP contribution >= 0.6 is 15.9 Å². The van der Waals surface area contributed by atoms with Gasteiger partial charge in [-0.2, -0.15) is 4.98 Å². The molecule has 5 nitrogen and oxygen atoms in total. The SMILES string of the molecule is Cc1cc(-c2nc(N3CCC(N)C3)n[nH]2)ccc1Br. The van der Waals surface area contributed by atoms with E-state index in [2.05, 4.69) is 49.0 Å². The van der Waals surface area contributed by atoms with E-state index in [1.54, 1.807) is 0 Å². The number of nitrogens with one attached hydrogen (secondary N) is 1. The number of H-pyrrole nitrogens is 1. The molecule has 0 bridgehead atoms. The van der Waals surface area contributed by atoms with Gasteiger partial charge in [-0.1, -0.05) is 22.0 Å². The molecule has 0 amide bonds. The number of aromatic amines is 1.